The number of ether oxygens (including phenoxy) is 4. The number of aryl methyl sites for hydroxylation is 2. The summed E-state index contributed by atoms with van der Waals surface area (Å²) in [5, 5.41) is 12.7. The molecule has 2 amide bonds. The third-order valence-electron chi connectivity index (χ3n) is 12.7. The minimum Gasteiger partial charge on any atom is -0.504 e. The van der Waals surface area contributed by atoms with Gasteiger partial charge in [0, 0.05) is 43.1 Å². The van der Waals surface area contributed by atoms with Crippen LogP contribution in [0.1, 0.15) is 35.2 Å². The molecule has 2 N–H and O–H groups in total. The number of nitrogens with zero attached hydrogens (tertiary/aromatic N) is 6. The number of hydrogen-bond acceptors (Lipinski definition) is 12. The van der Waals surface area contributed by atoms with Crippen molar-refractivity contribution < 1.29 is 33.6 Å². The summed E-state index contributed by atoms with van der Waals surface area (Å²) < 4.78 is 26.8. The molecule has 19 heteroatoms. The Hall–Kier alpha value is -6.98. The molecule has 6 aromatic rings. The highest BCUT2D eigenvalue weighted by atomic mass is 35.5. The predicted molar refractivity (Wildman–Crippen MR) is 236 cm³/mol. The zero-order chi connectivity index (χ0) is 45.4. The fourth-order valence-electron chi connectivity index (χ4n) is 9.70. The van der Waals surface area contributed by atoms with Crippen LogP contribution in [0.25, 0.3) is 11.0 Å². The van der Waals surface area contributed by atoms with Crippen LogP contribution in [0.5, 0.6) is 28.7 Å². The second-order valence-corrected chi connectivity index (χ2v) is 16.5. The molecule has 2 aliphatic heterocycles. The Bertz CT molecular complexity index is 3140. The van der Waals surface area contributed by atoms with Crippen molar-refractivity contribution in [3.8, 4) is 28.7 Å². The van der Waals surface area contributed by atoms with E-state index < -0.39 is 52.0 Å². The number of aromatic hydroxyl groups is 1. The minimum atomic E-state index is -1.68. The Morgan fingerprint density at radius 3 is 2.23 bits per heavy atom. The summed E-state index contributed by atoms with van der Waals surface area (Å²) in [4.78, 5) is 77.7. The molecule has 1 aliphatic carbocycles. The molecule has 0 bridgehead atoms. The largest absolute Gasteiger partial charge is 0.504 e. The SMILES string of the molecule is COc1ccc(C23C(=O)N(Nc4ccc(Cl)cc4Cl)C(=O)C2CC2C(=CCn4c(=O)n(CCc5nc6cc(OC)c(OC)cc6n(C)c5=O)c(=O)n42)C3c2ccc(OC)c(O)c2)cc1. The molecule has 0 spiro atoms. The van der Waals surface area contributed by atoms with Gasteiger partial charge in [0.2, 0.25) is 0 Å². The summed E-state index contributed by atoms with van der Waals surface area (Å²) >= 11 is 12.8. The van der Waals surface area contributed by atoms with E-state index in [9.17, 15) is 19.5 Å². The van der Waals surface area contributed by atoms with Gasteiger partial charge in [0.1, 0.15) is 11.4 Å². The highest BCUT2D eigenvalue weighted by Crippen LogP contribution is 2.62. The predicted octanol–water partition coefficient (Wildman–Crippen LogP) is 4.97. The number of nitrogens with one attached hydrogen (secondary N) is 1. The van der Waals surface area contributed by atoms with E-state index in [-0.39, 0.29) is 53.8 Å². The van der Waals surface area contributed by atoms with E-state index in [2.05, 4.69) is 10.4 Å². The van der Waals surface area contributed by atoms with Crippen LogP contribution in [0.3, 0.4) is 0 Å². The minimum absolute atomic E-state index is 0.0705. The maximum atomic E-state index is 15.5. The van der Waals surface area contributed by atoms with E-state index in [1.165, 1.54) is 54.5 Å². The Balaban J connectivity index is 1.18. The molecule has 2 aromatic heterocycles. The van der Waals surface area contributed by atoms with Crippen LogP contribution in [0.4, 0.5) is 5.69 Å². The molecule has 330 valence electrons. The van der Waals surface area contributed by atoms with Gasteiger partial charge in [0.15, 0.2) is 23.0 Å². The number of benzene rings is 4. The van der Waals surface area contributed by atoms with Crippen molar-refractivity contribution in [2.24, 2.45) is 13.0 Å². The molecule has 4 aromatic carbocycles. The number of fused-ring (bicyclic) bond motifs is 5. The second-order valence-electron chi connectivity index (χ2n) is 15.7. The Labute approximate surface area is 374 Å². The molecular weight excluding hydrogens is 869 g/mol. The lowest BCUT2D eigenvalue weighted by atomic mass is 9.53. The normalized spacial score (nSPS) is 20.1. The van der Waals surface area contributed by atoms with Gasteiger partial charge < -0.3 is 28.6 Å². The Kier molecular flexibility index (Phi) is 10.6. The monoisotopic (exact) mass is 909 g/mol. The highest BCUT2D eigenvalue weighted by molar-refractivity contribution is 6.36. The van der Waals surface area contributed by atoms with Crippen molar-refractivity contribution in [2.45, 2.75) is 43.3 Å². The highest BCUT2D eigenvalue weighted by Gasteiger charge is 2.69. The first-order chi connectivity index (χ1) is 30.8. The van der Waals surface area contributed by atoms with Gasteiger partial charge in [-0.3, -0.25) is 19.8 Å². The van der Waals surface area contributed by atoms with Crippen LogP contribution < -0.4 is 41.3 Å². The fraction of sp³-hybridized carbons (Fsp3) is 0.289. The summed E-state index contributed by atoms with van der Waals surface area (Å²) in [7, 11) is 7.49. The summed E-state index contributed by atoms with van der Waals surface area (Å²) in [5.41, 5.74) is 2.31. The lowest BCUT2D eigenvalue weighted by molar-refractivity contribution is -0.138. The van der Waals surface area contributed by atoms with Gasteiger partial charge in [-0.15, -0.1) is 0 Å². The van der Waals surface area contributed by atoms with Crippen molar-refractivity contribution in [3.05, 3.63) is 143 Å². The van der Waals surface area contributed by atoms with E-state index in [1.54, 1.807) is 73.8 Å². The quantitative estimate of drug-likeness (QED) is 0.131. The molecule has 0 radical (unpaired) electrons. The van der Waals surface area contributed by atoms with Gasteiger partial charge in [0.25, 0.3) is 17.4 Å². The van der Waals surface area contributed by atoms with Crippen molar-refractivity contribution in [2.75, 3.05) is 33.9 Å². The molecule has 4 atom stereocenters. The standard InChI is InChI=1S/C45H41Cl2N7O10/c1-50-34-22-38(64-5)37(63-4)21-32(34)48-31(41(50)57)15-16-51-43(59)52-17-14-27-33(54(52)44(51)60)20-28-40(56)53(49-30-12-9-25(46)19-29(30)47)42(58)45(28,24-7-10-26(61-2)11-8-24)39(27)23-6-13-36(62-3)35(55)18-23/h6-14,18-19,21-22,28,33,39,49,55H,15-17,20H2,1-5H3. The third kappa shape index (κ3) is 6.35. The number of hydrazine groups is 1. The van der Waals surface area contributed by atoms with Crippen LogP contribution in [0.15, 0.2) is 98.8 Å². The van der Waals surface area contributed by atoms with Gasteiger partial charge in [-0.25, -0.2) is 28.5 Å². The number of carbonyl (C=O) groups excluding carboxylic acids is 2. The van der Waals surface area contributed by atoms with Crippen LogP contribution in [0.2, 0.25) is 10.0 Å². The number of amides is 2. The van der Waals surface area contributed by atoms with Crippen molar-refractivity contribution >= 4 is 51.7 Å². The average molecular weight is 911 g/mol. The zero-order valence-corrected chi connectivity index (χ0v) is 36.6. The third-order valence-corrected chi connectivity index (χ3v) is 13.2. The number of allylic oxidation sites excluding steroid dienone is 2. The molecule has 2 fully saturated rings. The van der Waals surface area contributed by atoms with Gasteiger partial charge in [-0.05, 0) is 65.6 Å². The molecule has 4 heterocycles. The van der Waals surface area contributed by atoms with Crippen LogP contribution >= 0.6 is 23.2 Å². The van der Waals surface area contributed by atoms with E-state index in [4.69, 9.17) is 42.1 Å². The number of carbonyl (C=O) groups is 2. The van der Waals surface area contributed by atoms with Crippen LogP contribution in [-0.4, -0.2) is 73.9 Å². The molecule has 1 saturated carbocycles. The molecule has 17 nitrogen and oxygen atoms in total. The molecule has 4 unspecified atom stereocenters. The topological polar surface area (TPSA) is 190 Å². The summed E-state index contributed by atoms with van der Waals surface area (Å²) in [5.74, 6) is -2.09. The number of phenols is 1. The lowest BCUT2D eigenvalue weighted by Crippen LogP contribution is -2.53. The first kappa shape index (κ1) is 42.3. The first-order valence-corrected chi connectivity index (χ1v) is 20.9. The van der Waals surface area contributed by atoms with Gasteiger partial charge in [-0.2, -0.15) is 5.01 Å². The number of imide groups is 1. The summed E-state index contributed by atoms with van der Waals surface area (Å²) in [6.07, 6.45) is 1.64. The Morgan fingerprint density at radius 2 is 1.56 bits per heavy atom. The van der Waals surface area contributed by atoms with Gasteiger partial charge >= 0.3 is 11.4 Å². The molecule has 9 rings (SSSR count). The maximum Gasteiger partial charge on any atom is 0.347 e. The van der Waals surface area contributed by atoms with Crippen LogP contribution in [-0.2, 0) is 41.6 Å². The molecule has 1 saturated heterocycles. The zero-order valence-electron chi connectivity index (χ0n) is 35.1. The van der Waals surface area contributed by atoms with Crippen molar-refractivity contribution in [3.63, 3.8) is 0 Å². The average Bonchev–Trinajstić information content (AvgIpc) is 3.67. The molecule has 64 heavy (non-hydrogen) atoms. The van der Waals surface area contributed by atoms with E-state index >= 15 is 9.59 Å². The maximum absolute atomic E-state index is 15.5. The van der Waals surface area contributed by atoms with E-state index in [1.807, 2.05) is 0 Å². The number of hydrogen-bond donors (Lipinski definition) is 2. The van der Waals surface area contributed by atoms with Crippen LogP contribution in [0, 0.1) is 5.92 Å². The summed E-state index contributed by atoms with van der Waals surface area (Å²) in [6.45, 7) is -0.267. The first-order valence-electron chi connectivity index (χ1n) is 20.1. The number of halogens is 2. The van der Waals surface area contributed by atoms with Gasteiger partial charge in [0.05, 0.1) is 74.1 Å². The number of phenolic OH excluding ortho intramolecular Hbond substituents is 1. The number of rotatable bonds is 11. The number of aromatic nitrogens is 5. The smallest absolute Gasteiger partial charge is 0.347 e. The van der Waals surface area contributed by atoms with E-state index in [0.717, 1.165) is 9.58 Å². The van der Waals surface area contributed by atoms with Crippen molar-refractivity contribution in [1.82, 2.24) is 28.5 Å². The number of anilines is 1. The Morgan fingerprint density at radius 1 is 0.844 bits per heavy atom. The van der Waals surface area contributed by atoms with E-state index in [0.29, 0.717) is 50.0 Å². The van der Waals surface area contributed by atoms with Crippen molar-refractivity contribution in [1.29, 1.82) is 0 Å². The summed E-state index contributed by atoms with van der Waals surface area (Å²) in [6, 6.07) is 18.6. The second kappa shape index (κ2) is 16.0. The molecular formula is C45H41Cl2N7O10. The fourth-order valence-corrected chi connectivity index (χ4v) is 10.1. The van der Waals surface area contributed by atoms with Gasteiger partial charge in [-0.1, -0.05) is 47.5 Å². The number of methoxy groups -OCH3 is 4. The molecule has 3 aliphatic rings. The lowest BCUT2D eigenvalue weighted by Gasteiger charge is -2.49.